The molecule has 0 aliphatic carbocycles. The van der Waals surface area contributed by atoms with Crippen LogP contribution in [-0.2, 0) is 4.74 Å². The molecular weight excluding hydrogens is 196 g/mol. The fourth-order valence-corrected chi connectivity index (χ4v) is 2.53. The largest absolute Gasteiger partial charge is 0.383 e. The van der Waals surface area contributed by atoms with E-state index in [1.165, 1.54) is 37.6 Å². The van der Waals surface area contributed by atoms with Crippen molar-refractivity contribution in [2.24, 2.45) is 0 Å². The first-order valence-electron chi connectivity index (χ1n) is 5.43. The molecule has 0 aromatic rings. The average Bonchev–Trinajstić information content (AvgIpc) is 2.25. The Morgan fingerprint density at radius 1 is 1.29 bits per heavy atom. The van der Waals surface area contributed by atoms with Crippen LogP contribution in [0.5, 0.6) is 0 Å². The lowest BCUT2D eigenvalue weighted by molar-refractivity contribution is 0.198. The van der Waals surface area contributed by atoms with Gasteiger partial charge in [-0.3, -0.25) is 0 Å². The second-order valence-electron chi connectivity index (χ2n) is 3.55. The molecule has 1 aliphatic heterocycles. The molecule has 1 N–H and O–H groups in total. The van der Waals surface area contributed by atoms with Gasteiger partial charge in [-0.2, -0.15) is 11.8 Å². The monoisotopic (exact) mass is 218 g/mol. The predicted molar refractivity (Wildman–Crippen MR) is 63.1 cm³/mol. The number of rotatable bonds is 7. The summed E-state index contributed by atoms with van der Waals surface area (Å²) in [4.78, 5) is 2.56. The lowest BCUT2D eigenvalue weighted by Crippen LogP contribution is -2.34. The van der Waals surface area contributed by atoms with Crippen molar-refractivity contribution in [2.45, 2.75) is 6.42 Å². The van der Waals surface area contributed by atoms with E-state index in [0.717, 1.165) is 19.7 Å². The van der Waals surface area contributed by atoms with Gasteiger partial charge in [0, 0.05) is 38.2 Å². The number of nitrogens with zero attached hydrogens (tertiary/aromatic N) is 1. The summed E-state index contributed by atoms with van der Waals surface area (Å²) in [6.07, 6.45) is 1.26. The minimum atomic E-state index is 0.820. The third-order valence-electron chi connectivity index (χ3n) is 2.41. The third kappa shape index (κ3) is 5.86. The number of nitrogens with one attached hydrogen (secondary N) is 1. The molecule has 0 saturated carbocycles. The van der Waals surface area contributed by atoms with Crippen molar-refractivity contribution in [2.75, 3.05) is 57.9 Å². The second-order valence-corrected chi connectivity index (χ2v) is 4.78. The van der Waals surface area contributed by atoms with E-state index < -0.39 is 0 Å². The first-order valence-corrected chi connectivity index (χ1v) is 6.58. The van der Waals surface area contributed by atoms with Gasteiger partial charge in [-0.05, 0) is 19.5 Å². The van der Waals surface area contributed by atoms with Crippen LogP contribution >= 0.6 is 11.8 Å². The molecule has 0 aromatic heterocycles. The highest BCUT2D eigenvalue weighted by molar-refractivity contribution is 7.99. The Balaban J connectivity index is 1.82. The van der Waals surface area contributed by atoms with Crippen molar-refractivity contribution < 1.29 is 4.74 Å². The molecule has 1 fully saturated rings. The van der Waals surface area contributed by atoms with Gasteiger partial charge in [0.1, 0.15) is 0 Å². The van der Waals surface area contributed by atoms with Crippen molar-refractivity contribution in [3.63, 3.8) is 0 Å². The van der Waals surface area contributed by atoms with Gasteiger partial charge in [-0.1, -0.05) is 0 Å². The molecule has 4 heteroatoms. The summed E-state index contributed by atoms with van der Waals surface area (Å²) in [7, 11) is 1.74. The molecule has 1 heterocycles. The third-order valence-corrected chi connectivity index (χ3v) is 3.36. The number of ether oxygens (including phenoxy) is 1. The van der Waals surface area contributed by atoms with Crippen molar-refractivity contribution >= 4 is 11.8 Å². The first-order chi connectivity index (χ1) is 6.93. The van der Waals surface area contributed by atoms with Gasteiger partial charge >= 0.3 is 0 Å². The van der Waals surface area contributed by atoms with Gasteiger partial charge < -0.3 is 15.0 Å². The summed E-state index contributed by atoms with van der Waals surface area (Å²) in [6.45, 7) is 6.73. The Morgan fingerprint density at radius 3 is 2.79 bits per heavy atom. The van der Waals surface area contributed by atoms with E-state index in [1.54, 1.807) is 7.11 Å². The van der Waals surface area contributed by atoms with E-state index in [1.807, 2.05) is 0 Å². The highest BCUT2D eigenvalue weighted by Crippen LogP contribution is 2.08. The molecule has 0 amide bonds. The lowest BCUT2D eigenvalue weighted by Gasteiger charge is -2.25. The standard InChI is InChI=1S/C10H22N2OS/c1-13-8-4-11-3-2-5-12-6-9-14-10-7-12/h11H,2-10H2,1H3. The molecule has 0 aromatic carbocycles. The zero-order valence-electron chi connectivity index (χ0n) is 9.13. The lowest BCUT2D eigenvalue weighted by atomic mass is 10.3. The topological polar surface area (TPSA) is 24.5 Å². The molecule has 0 bridgehead atoms. The van der Waals surface area contributed by atoms with Crippen LogP contribution in [-0.4, -0.2) is 62.8 Å². The van der Waals surface area contributed by atoms with E-state index in [-0.39, 0.29) is 0 Å². The molecule has 0 unspecified atom stereocenters. The average molecular weight is 218 g/mol. The Bertz CT molecular complexity index is 129. The normalized spacial score (nSPS) is 18.6. The fraction of sp³-hybridized carbons (Fsp3) is 1.00. The van der Waals surface area contributed by atoms with Crippen molar-refractivity contribution in [3.8, 4) is 0 Å². The van der Waals surface area contributed by atoms with E-state index >= 15 is 0 Å². The van der Waals surface area contributed by atoms with Crippen molar-refractivity contribution in [1.82, 2.24) is 10.2 Å². The summed E-state index contributed by atoms with van der Waals surface area (Å²) in [6, 6.07) is 0. The van der Waals surface area contributed by atoms with Gasteiger partial charge in [0.15, 0.2) is 0 Å². The maximum atomic E-state index is 4.96. The number of hydrogen-bond acceptors (Lipinski definition) is 4. The summed E-state index contributed by atoms with van der Waals surface area (Å²) in [5.74, 6) is 2.63. The number of methoxy groups -OCH3 is 1. The minimum absolute atomic E-state index is 0.820. The molecule has 84 valence electrons. The van der Waals surface area contributed by atoms with E-state index in [0.29, 0.717) is 0 Å². The van der Waals surface area contributed by atoms with E-state index in [9.17, 15) is 0 Å². The molecule has 1 saturated heterocycles. The van der Waals surface area contributed by atoms with Crippen LogP contribution < -0.4 is 5.32 Å². The Hall–Kier alpha value is 0.230. The van der Waals surface area contributed by atoms with Crippen LogP contribution in [0.3, 0.4) is 0 Å². The first kappa shape index (κ1) is 12.3. The molecular formula is C10H22N2OS. The van der Waals surface area contributed by atoms with E-state index in [4.69, 9.17) is 4.74 Å². The molecule has 14 heavy (non-hydrogen) atoms. The van der Waals surface area contributed by atoms with Crippen molar-refractivity contribution in [1.29, 1.82) is 0 Å². The van der Waals surface area contributed by atoms with Crippen LogP contribution in [0.1, 0.15) is 6.42 Å². The Kier molecular flexibility index (Phi) is 7.50. The zero-order valence-corrected chi connectivity index (χ0v) is 9.94. The Morgan fingerprint density at radius 2 is 2.07 bits per heavy atom. The molecule has 1 rings (SSSR count). The summed E-state index contributed by atoms with van der Waals surface area (Å²) >= 11 is 2.08. The number of hydrogen-bond donors (Lipinski definition) is 1. The van der Waals surface area contributed by atoms with E-state index in [2.05, 4.69) is 22.0 Å². The van der Waals surface area contributed by atoms with Crippen LogP contribution in [0.4, 0.5) is 0 Å². The summed E-state index contributed by atoms with van der Waals surface area (Å²) in [5, 5.41) is 3.37. The highest BCUT2D eigenvalue weighted by Gasteiger charge is 2.08. The Labute approximate surface area is 91.6 Å². The number of thioether (sulfide) groups is 1. The quantitative estimate of drug-likeness (QED) is 0.635. The van der Waals surface area contributed by atoms with Gasteiger partial charge in [-0.25, -0.2) is 0 Å². The second kappa shape index (κ2) is 8.53. The van der Waals surface area contributed by atoms with Crippen LogP contribution in [0.2, 0.25) is 0 Å². The minimum Gasteiger partial charge on any atom is -0.383 e. The van der Waals surface area contributed by atoms with Gasteiger partial charge in [-0.15, -0.1) is 0 Å². The van der Waals surface area contributed by atoms with Gasteiger partial charge in [0.25, 0.3) is 0 Å². The van der Waals surface area contributed by atoms with Crippen LogP contribution in [0, 0.1) is 0 Å². The maximum Gasteiger partial charge on any atom is 0.0587 e. The van der Waals surface area contributed by atoms with Crippen LogP contribution in [0.15, 0.2) is 0 Å². The van der Waals surface area contributed by atoms with Gasteiger partial charge in [0.2, 0.25) is 0 Å². The molecule has 0 spiro atoms. The maximum absolute atomic E-state index is 4.96. The highest BCUT2D eigenvalue weighted by atomic mass is 32.2. The zero-order chi connectivity index (χ0) is 10.1. The predicted octanol–water partition coefficient (Wildman–Crippen LogP) is 0.661. The smallest absolute Gasteiger partial charge is 0.0587 e. The molecule has 0 radical (unpaired) electrons. The SMILES string of the molecule is COCCNCCCN1CCSCC1. The van der Waals surface area contributed by atoms with Gasteiger partial charge in [0.05, 0.1) is 6.61 Å². The van der Waals surface area contributed by atoms with Crippen molar-refractivity contribution in [3.05, 3.63) is 0 Å². The molecule has 0 atom stereocenters. The molecule has 1 aliphatic rings. The summed E-state index contributed by atoms with van der Waals surface area (Å²) < 4.78 is 4.96. The molecule has 3 nitrogen and oxygen atoms in total. The fourth-order valence-electron chi connectivity index (χ4n) is 1.55. The van der Waals surface area contributed by atoms with Crippen LogP contribution in [0.25, 0.3) is 0 Å². The summed E-state index contributed by atoms with van der Waals surface area (Å²) in [5.41, 5.74) is 0.